The van der Waals surface area contributed by atoms with Crippen molar-refractivity contribution in [1.29, 1.82) is 0 Å². The number of hydrogen-bond donors (Lipinski definition) is 0. The van der Waals surface area contributed by atoms with Crippen LogP contribution in [0.25, 0.3) is 6.08 Å². The highest BCUT2D eigenvalue weighted by Gasteiger charge is 2.31. The van der Waals surface area contributed by atoms with Gasteiger partial charge < -0.3 is 4.74 Å². The molecule has 0 radical (unpaired) electrons. The average Bonchev–Trinajstić information content (AvgIpc) is 2.26. The third-order valence-corrected chi connectivity index (χ3v) is 3.36. The molecule has 0 saturated carbocycles. The maximum Gasteiger partial charge on any atom is 0.573 e. The number of rotatable bonds is 4. The molecule has 0 aromatic heterocycles. The molecule has 7 heteroatoms. The Morgan fingerprint density at radius 1 is 1.28 bits per heavy atom. The first-order valence-corrected chi connectivity index (χ1v) is 6.70. The number of hydrogen-bond acceptors (Lipinski definition) is 3. The van der Waals surface area contributed by atoms with E-state index in [4.69, 9.17) is 0 Å². The molecule has 0 unspecified atom stereocenters. The van der Waals surface area contributed by atoms with E-state index < -0.39 is 21.9 Å². The van der Waals surface area contributed by atoms with Gasteiger partial charge >= 0.3 is 6.36 Å². The summed E-state index contributed by atoms with van der Waals surface area (Å²) in [5, 5.41) is 0.867. The summed E-state index contributed by atoms with van der Waals surface area (Å²) in [6.45, 7) is 1.44. The first-order chi connectivity index (χ1) is 8.23. The molecule has 0 N–H and O–H groups in total. The predicted molar refractivity (Wildman–Crippen MR) is 61.6 cm³/mol. The molecule has 0 amide bonds. The van der Waals surface area contributed by atoms with E-state index in [0.29, 0.717) is 0 Å². The second-order valence-electron chi connectivity index (χ2n) is 3.34. The van der Waals surface area contributed by atoms with E-state index in [2.05, 4.69) is 4.74 Å². The third-order valence-electron chi connectivity index (χ3n) is 2.00. The molecule has 0 bridgehead atoms. The van der Waals surface area contributed by atoms with Crippen LogP contribution in [0.5, 0.6) is 5.75 Å². The molecule has 1 rings (SSSR count). The molecule has 0 aliphatic carbocycles. The molecule has 0 heterocycles. The molecule has 0 saturated heterocycles. The van der Waals surface area contributed by atoms with Gasteiger partial charge in [-0.25, -0.2) is 8.42 Å². The number of para-hydroxylation sites is 1. The minimum atomic E-state index is -4.81. The Hall–Kier alpha value is -1.50. The highest BCUT2D eigenvalue weighted by molar-refractivity contribution is 7.94. The van der Waals surface area contributed by atoms with Crippen LogP contribution in [0, 0.1) is 0 Å². The Morgan fingerprint density at radius 3 is 2.44 bits per heavy atom. The van der Waals surface area contributed by atoms with Gasteiger partial charge in [0.05, 0.1) is 5.75 Å². The van der Waals surface area contributed by atoms with Crippen molar-refractivity contribution >= 4 is 15.9 Å². The van der Waals surface area contributed by atoms with Gasteiger partial charge in [0, 0.05) is 11.0 Å². The van der Waals surface area contributed by atoms with E-state index in [1.165, 1.54) is 25.1 Å². The zero-order valence-electron chi connectivity index (χ0n) is 9.44. The number of alkyl halides is 3. The van der Waals surface area contributed by atoms with E-state index in [9.17, 15) is 21.6 Å². The van der Waals surface area contributed by atoms with Crippen molar-refractivity contribution in [1.82, 2.24) is 0 Å². The number of benzene rings is 1. The fourth-order valence-corrected chi connectivity index (χ4v) is 1.66. The van der Waals surface area contributed by atoms with Crippen LogP contribution in [-0.4, -0.2) is 20.5 Å². The fraction of sp³-hybridized carbons (Fsp3) is 0.273. The van der Waals surface area contributed by atoms with Gasteiger partial charge in [-0.3, -0.25) is 0 Å². The fourth-order valence-electron chi connectivity index (χ4n) is 1.11. The van der Waals surface area contributed by atoms with Crippen molar-refractivity contribution in [2.75, 3.05) is 5.75 Å². The van der Waals surface area contributed by atoms with Crippen LogP contribution in [0.2, 0.25) is 0 Å². The highest BCUT2D eigenvalue weighted by Crippen LogP contribution is 2.27. The standard InChI is InChI=1S/C11H11F3O3S/c1-2-18(15,16)8-7-9-5-3-4-6-10(9)17-11(12,13)14/h3-8H,2H2,1H3/b8-7+. The summed E-state index contributed by atoms with van der Waals surface area (Å²) >= 11 is 0. The second-order valence-corrected chi connectivity index (χ2v) is 5.52. The van der Waals surface area contributed by atoms with Crippen LogP contribution in [0.15, 0.2) is 29.7 Å². The topological polar surface area (TPSA) is 43.4 Å². The van der Waals surface area contributed by atoms with Crippen molar-refractivity contribution in [3.63, 3.8) is 0 Å². The van der Waals surface area contributed by atoms with E-state index >= 15 is 0 Å². The van der Waals surface area contributed by atoms with Crippen molar-refractivity contribution in [2.45, 2.75) is 13.3 Å². The second kappa shape index (κ2) is 5.43. The summed E-state index contributed by atoms with van der Waals surface area (Å²) in [7, 11) is -3.40. The summed E-state index contributed by atoms with van der Waals surface area (Å²) in [5.41, 5.74) is 0.0480. The lowest BCUT2D eigenvalue weighted by Crippen LogP contribution is -2.17. The van der Waals surface area contributed by atoms with Crippen molar-refractivity contribution in [3.05, 3.63) is 35.2 Å². The van der Waals surface area contributed by atoms with Crippen LogP contribution in [-0.2, 0) is 9.84 Å². The maximum absolute atomic E-state index is 12.1. The molecule has 1 aromatic carbocycles. The Bertz CT molecular complexity index is 533. The maximum atomic E-state index is 12.1. The smallest absolute Gasteiger partial charge is 0.405 e. The van der Waals surface area contributed by atoms with E-state index in [-0.39, 0.29) is 11.3 Å². The zero-order chi connectivity index (χ0) is 13.8. The van der Waals surface area contributed by atoms with Gasteiger partial charge in [0.2, 0.25) is 0 Å². The van der Waals surface area contributed by atoms with Gasteiger partial charge in [0.1, 0.15) is 5.75 Å². The summed E-state index contributed by atoms with van der Waals surface area (Å²) < 4.78 is 62.5. The zero-order valence-corrected chi connectivity index (χ0v) is 10.3. The quantitative estimate of drug-likeness (QED) is 0.851. The summed E-state index contributed by atoms with van der Waals surface area (Å²) in [6.07, 6.45) is -3.73. The van der Waals surface area contributed by atoms with E-state index in [1.54, 1.807) is 0 Å². The minimum absolute atomic E-state index is 0.0480. The molecule has 100 valence electrons. The van der Waals surface area contributed by atoms with Crippen LogP contribution in [0.4, 0.5) is 13.2 Å². The van der Waals surface area contributed by atoms with Gasteiger partial charge in [-0.15, -0.1) is 13.2 Å². The molecular weight excluding hydrogens is 269 g/mol. The lowest BCUT2D eigenvalue weighted by Gasteiger charge is -2.10. The van der Waals surface area contributed by atoms with Crippen LogP contribution < -0.4 is 4.74 Å². The number of ether oxygens (including phenoxy) is 1. The largest absolute Gasteiger partial charge is 0.573 e. The third kappa shape index (κ3) is 4.79. The summed E-state index contributed by atoms with van der Waals surface area (Å²) in [5.74, 6) is -0.557. The predicted octanol–water partition coefficient (Wildman–Crippen LogP) is 2.99. The van der Waals surface area contributed by atoms with Gasteiger partial charge in [-0.1, -0.05) is 25.1 Å². The Morgan fingerprint density at radius 2 is 1.89 bits per heavy atom. The molecule has 0 aliphatic heterocycles. The SMILES string of the molecule is CCS(=O)(=O)/C=C/c1ccccc1OC(F)(F)F. The van der Waals surface area contributed by atoms with Gasteiger partial charge in [0.15, 0.2) is 9.84 Å². The lowest BCUT2D eigenvalue weighted by atomic mass is 10.2. The van der Waals surface area contributed by atoms with Crippen LogP contribution >= 0.6 is 0 Å². The Kier molecular flexibility index (Phi) is 4.39. The van der Waals surface area contributed by atoms with Gasteiger partial charge in [-0.2, -0.15) is 0 Å². The highest BCUT2D eigenvalue weighted by atomic mass is 32.2. The normalized spacial score (nSPS) is 12.9. The molecule has 0 spiro atoms. The summed E-state index contributed by atoms with van der Waals surface area (Å²) in [4.78, 5) is 0. The molecule has 0 fully saturated rings. The monoisotopic (exact) mass is 280 g/mol. The van der Waals surface area contributed by atoms with E-state index in [0.717, 1.165) is 17.6 Å². The first kappa shape index (κ1) is 14.6. The number of halogens is 3. The molecule has 18 heavy (non-hydrogen) atoms. The molecule has 0 atom stereocenters. The van der Waals surface area contributed by atoms with Gasteiger partial charge in [-0.05, 0) is 12.1 Å². The lowest BCUT2D eigenvalue weighted by molar-refractivity contribution is -0.274. The van der Waals surface area contributed by atoms with Crippen molar-refractivity contribution < 1.29 is 26.3 Å². The Balaban J connectivity index is 3.04. The first-order valence-electron chi connectivity index (χ1n) is 4.99. The van der Waals surface area contributed by atoms with Crippen molar-refractivity contribution in [3.8, 4) is 5.75 Å². The minimum Gasteiger partial charge on any atom is -0.405 e. The summed E-state index contributed by atoms with van der Waals surface area (Å²) in [6, 6.07) is 5.31. The van der Waals surface area contributed by atoms with Crippen molar-refractivity contribution in [2.24, 2.45) is 0 Å². The average molecular weight is 280 g/mol. The molecule has 1 aromatic rings. The van der Waals surface area contributed by atoms with Crippen LogP contribution in [0.3, 0.4) is 0 Å². The number of sulfone groups is 1. The molecule has 0 aliphatic rings. The molecular formula is C11H11F3O3S. The van der Waals surface area contributed by atoms with E-state index in [1.807, 2.05) is 0 Å². The van der Waals surface area contributed by atoms with Crippen LogP contribution in [0.1, 0.15) is 12.5 Å². The Labute approximate surface area is 103 Å². The molecule has 3 nitrogen and oxygen atoms in total. The van der Waals surface area contributed by atoms with Gasteiger partial charge in [0.25, 0.3) is 0 Å².